The van der Waals surface area contributed by atoms with E-state index in [-0.39, 0.29) is 5.91 Å². The van der Waals surface area contributed by atoms with Gasteiger partial charge >= 0.3 is 0 Å². The highest BCUT2D eigenvalue weighted by molar-refractivity contribution is 6.02. The molecule has 1 N–H and O–H groups in total. The van der Waals surface area contributed by atoms with Gasteiger partial charge in [-0.05, 0) is 56.2 Å². The van der Waals surface area contributed by atoms with Crippen molar-refractivity contribution in [3.8, 4) is 11.5 Å². The summed E-state index contributed by atoms with van der Waals surface area (Å²) in [6.45, 7) is 4.00. The average Bonchev–Trinajstić information content (AvgIpc) is 3.22. The van der Waals surface area contributed by atoms with E-state index in [2.05, 4.69) is 15.2 Å². The second-order valence-corrected chi connectivity index (χ2v) is 6.43. The number of nitrogens with one attached hydrogen (secondary N) is 1. The number of methoxy groups -OCH3 is 2. The number of pyridine rings is 1. The van der Waals surface area contributed by atoms with E-state index in [1.54, 1.807) is 20.3 Å². The minimum atomic E-state index is -0.223. The number of rotatable bonds is 6. The van der Waals surface area contributed by atoms with Crippen LogP contribution in [0.4, 0.5) is 11.5 Å². The van der Waals surface area contributed by atoms with E-state index in [1.807, 2.05) is 37.3 Å². The molecule has 1 amide bonds. The summed E-state index contributed by atoms with van der Waals surface area (Å²) in [4.78, 5) is 19.2. The lowest BCUT2D eigenvalue weighted by atomic mass is 10.1. The lowest BCUT2D eigenvalue weighted by Crippen LogP contribution is -2.19. The maximum absolute atomic E-state index is 12.3. The van der Waals surface area contributed by atoms with E-state index in [9.17, 15) is 4.79 Å². The Kier molecular flexibility index (Phi) is 5.96. The Labute approximate surface area is 159 Å². The number of benzene rings is 1. The van der Waals surface area contributed by atoms with E-state index >= 15 is 0 Å². The predicted molar refractivity (Wildman–Crippen MR) is 108 cm³/mol. The first-order valence-corrected chi connectivity index (χ1v) is 9.04. The molecule has 0 saturated carbocycles. The van der Waals surface area contributed by atoms with Crippen molar-refractivity contribution in [1.29, 1.82) is 0 Å². The molecule has 2 heterocycles. The molecular weight excluding hydrogens is 342 g/mol. The van der Waals surface area contributed by atoms with Crippen LogP contribution in [0.3, 0.4) is 0 Å². The molecule has 1 aromatic carbocycles. The molecule has 2 aromatic rings. The molecule has 3 rings (SSSR count). The predicted octanol–water partition coefficient (Wildman–Crippen LogP) is 3.66. The third-order valence-electron chi connectivity index (χ3n) is 4.61. The van der Waals surface area contributed by atoms with Crippen molar-refractivity contribution in [3.63, 3.8) is 0 Å². The number of nitrogens with zero attached hydrogens (tertiary/aromatic N) is 2. The van der Waals surface area contributed by atoms with Gasteiger partial charge in [0.25, 0.3) is 0 Å². The van der Waals surface area contributed by atoms with E-state index in [0.29, 0.717) is 17.2 Å². The molecule has 142 valence electrons. The largest absolute Gasteiger partial charge is 0.497 e. The Morgan fingerprint density at radius 2 is 1.93 bits per heavy atom. The number of anilines is 2. The molecule has 0 atom stereocenters. The van der Waals surface area contributed by atoms with Gasteiger partial charge in [0.2, 0.25) is 5.91 Å². The molecule has 0 aliphatic carbocycles. The lowest BCUT2D eigenvalue weighted by molar-refractivity contribution is -0.111. The summed E-state index contributed by atoms with van der Waals surface area (Å²) in [6, 6.07) is 9.31. The Hall–Kier alpha value is -3.02. The van der Waals surface area contributed by atoms with Gasteiger partial charge in [-0.2, -0.15) is 0 Å². The van der Waals surface area contributed by atoms with Gasteiger partial charge in [0, 0.05) is 24.7 Å². The van der Waals surface area contributed by atoms with Crippen molar-refractivity contribution in [2.24, 2.45) is 0 Å². The normalized spacial score (nSPS) is 13.8. The summed E-state index contributed by atoms with van der Waals surface area (Å²) in [6.07, 6.45) is 5.60. The fourth-order valence-electron chi connectivity index (χ4n) is 3.11. The molecule has 1 aromatic heterocycles. The van der Waals surface area contributed by atoms with Gasteiger partial charge < -0.3 is 19.7 Å². The highest BCUT2D eigenvalue weighted by atomic mass is 16.5. The first-order valence-electron chi connectivity index (χ1n) is 9.04. The van der Waals surface area contributed by atoms with E-state index < -0.39 is 0 Å². The number of ether oxygens (including phenoxy) is 2. The van der Waals surface area contributed by atoms with Gasteiger partial charge in [-0.15, -0.1) is 0 Å². The fourth-order valence-corrected chi connectivity index (χ4v) is 3.11. The van der Waals surface area contributed by atoms with Crippen molar-refractivity contribution in [1.82, 2.24) is 4.98 Å². The summed E-state index contributed by atoms with van der Waals surface area (Å²) in [5.74, 6) is 2.12. The number of hydrogen-bond acceptors (Lipinski definition) is 5. The van der Waals surface area contributed by atoms with E-state index in [0.717, 1.165) is 30.2 Å². The van der Waals surface area contributed by atoms with Crippen LogP contribution >= 0.6 is 0 Å². The Balaban J connectivity index is 1.69. The zero-order chi connectivity index (χ0) is 19.2. The van der Waals surface area contributed by atoms with Gasteiger partial charge in [-0.1, -0.05) is 0 Å². The summed E-state index contributed by atoms with van der Waals surface area (Å²) < 4.78 is 10.5. The van der Waals surface area contributed by atoms with Crippen molar-refractivity contribution in [3.05, 3.63) is 47.7 Å². The van der Waals surface area contributed by atoms with Crippen molar-refractivity contribution in [2.75, 3.05) is 37.5 Å². The summed E-state index contributed by atoms with van der Waals surface area (Å²) in [5.41, 5.74) is 2.29. The van der Waals surface area contributed by atoms with Crippen molar-refractivity contribution < 1.29 is 14.3 Å². The highest BCUT2D eigenvalue weighted by Crippen LogP contribution is 2.25. The minimum Gasteiger partial charge on any atom is -0.497 e. The molecule has 0 unspecified atom stereocenters. The van der Waals surface area contributed by atoms with Crippen LogP contribution in [0.5, 0.6) is 11.5 Å². The van der Waals surface area contributed by atoms with Crippen LogP contribution in [0.15, 0.2) is 36.4 Å². The first kappa shape index (κ1) is 18.8. The Bertz CT molecular complexity index is 843. The minimum absolute atomic E-state index is 0.223. The maximum Gasteiger partial charge on any atom is 0.248 e. The van der Waals surface area contributed by atoms with Crippen LogP contribution in [0, 0.1) is 6.92 Å². The van der Waals surface area contributed by atoms with E-state index in [1.165, 1.54) is 18.9 Å². The zero-order valence-electron chi connectivity index (χ0n) is 16.0. The number of amides is 1. The quantitative estimate of drug-likeness (QED) is 0.790. The molecule has 0 bridgehead atoms. The monoisotopic (exact) mass is 367 g/mol. The van der Waals surface area contributed by atoms with Crippen LogP contribution in [0.25, 0.3) is 6.08 Å². The van der Waals surface area contributed by atoms with Crippen LogP contribution in [-0.2, 0) is 4.79 Å². The molecule has 0 spiro atoms. The van der Waals surface area contributed by atoms with Crippen LogP contribution < -0.4 is 19.7 Å². The summed E-state index contributed by atoms with van der Waals surface area (Å²) in [5, 5.41) is 2.89. The molecule has 0 radical (unpaired) electrons. The maximum atomic E-state index is 12.3. The zero-order valence-corrected chi connectivity index (χ0v) is 16.0. The highest BCUT2D eigenvalue weighted by Gasteiger charge is 2.14. The van der Waals surface area contributed by atoms with Gasteiger partial charge in [-0.25, -0.2) is 4.98 Å². The molecule has 1 aliphatic rings. The van der Waals surface area contributed by atoms with Crippen molar-refractivity contribution in [2.45, 2.75) is 19.8 Å². The molecule has 1 aliphatic heterocycles. The first-order chi connectivity index (χ1) is 13.1. The molecule has 27 heavy (non-hydrogen) atoms. The van der Waals surface area contributed by atoms with Gasteiger partial charge in [0.05, 0.1) is 25.6 Å². The second-order valence-electron chi connectivity index (χ2n) is 6.43. The number of aryl methyl sites for hydroxylation is 1. The standard InChI is InChI=1S/C21H25N3O3/c1-15-18(8-10-20(22-15)24-12-4-5-13-24)23-21(25)11-6-16-14-17(26-2)7-9-19(16)27-3/h6-11,14H,4-5,12-13H2,1-3H3,(H,23,25)/b11-6+. The van der Waals surface area contributed by atoms with Crippen LogP contribution in [0.2, 0.25) is 0 Å². The Morgan fingerprint density at radius 1 is 1.15 bits per heavy atom. The number of hydrogen-bond donors (Lipinski definition) is 1. The van der Waals surface area contributed by atoms with Gasteiger partial charge in [0.1, 0.15) is 17.3 Å². The second kappa shape index (κ2) is 8.58. The summed E-state index contributed by atoms with van der Waals surface area (Å²) >= 11 is 0. The molecular formula is C21H25N3O3. The fraction of sp³-hybridized carbons (Fsp3) is 0.333. The topological polar surface area (TPSA) is 63.7 Å². The molecule has 6 heteroatoms. The van der Waals surface area contributed by atoms with Gasteiger partial charge in [-0.3, -0.25) is 4.79 Å². The summed E-state index contributed by atoms with van der Waals surface area (Å²) in [7, 11) is 3.19. The molecule has 1 fully saturated rings. The molecule has 6 nitrogen and oxygen atoms in total. The average molecular weight is 367 g/mol. The SMILES string of the molecule is COc1ccc(OC)c(/C=C/C(=O)Nc2ccc(N3CCCC3)nc2C)c1. The number of carbonyl (C=O) groups is 1. The number of carbonyl (C=O) groups excluding carboxylic acids is 1. The van der Waals surface area contributed by atoms with Gasteiger partial charge in [0.15, 0.2) is 0 Å². The third kappa shape index (κ3) is 4.58. The van der Waals surface area contributed by atoms with E-state index in [4.69, 9.17) is 9.47 Å². The van der Waals surface area contributed by atoms with Crippen molar-refractivity contribution >= 4 is 23.5 Å². The molecule has 1 saturated heterocycles. The smallest absolute Gasteiger partial charge is 0.248 e. The lowest BCUT2D eigenvalue weighted by Gasteiger charge is -2.17. The van der Waals surface area contributed by atoms with Crippen LogP contribution in [-0.4, -0.2) is 38.2 Å². The van der Waals surface area contributed by atoms with Crippen LogP contribution in [0.1, 0.15) is 24.1 Å². The number of aromatic nitrogens is 1. The third-order valence-corrected chi connectivity index (χ3v) is 4.61. The Morgan fingerprint density at radius 3 is 2.59 bits per heavy atom.